The fraction of sp³-hybridized carbons (Fsp3) is 0.462. The van der Waals surface area contributed by atoms with E-state index in [0.717, 1.165) is 12.8 Å². The smallest absolute Gasteiger partial charge is 0.344 e. The Hall–Kier alpha value is -2.11. The van der Waals surface area contributed by atoms with E-state index in [2.05, 4.69) is 0 Å². The quantitative estimate of drug-likeness (QED) is 0.606. The van der Waals surface area contributed by atoms with Crippen molar-refractivity contribution < 1.29 is 19.6 Å². The predicted octanol–water partition coefficient (Wildman–Crippen LogP) is 2.93. The van der Waals surface area contributed by atoms with E-state index < -0.39 is 17.0 Å². The van der Waals surface area contributed by atoms with Crippen LogP contribution < -0.4 is 4.74 Å². The number of aliphatic carboxylic acids is 1. The number of hydrogen-bond donors (Lipinski definition) is 1. The van der Waals surface area contributed by atoms with Crippen LogP contribution in [0.25, 0.3) is 0 Å². The fourth-order valence-electron chi connectivity index (χ4n) is 1.69. The van der Waals surface area contributed by atoms with Crippen LogP contribution >= 0.6 is 0 Å². The average molecular weight is 267 g/mol. The van der Waals surface area contributed by atoms with Crippen LogP contribution in [0, 0.1) is 17.0 Å². The molecule has 0 bridgehead atoms. The molecule has 0 spiro atoms. The second-order valence-electron chi connectivity index (χ2n) is 4.29. The number of carbonyl (C=O) groups is 1. The topological polar surface area (TPSA) is 89.7 Å². The Kier molecular flexibility index (Phi) is 5.29. The van der Waals surface area contributed by atoms with Gasteiger partial charge >= 0.3 is 5.97 Å². The predicted molar refractivity (Wildman–Crippen MR) is 69.4 cm³/mol. The van der Waals surface area contributed by atoms with Gasteiger partial charge in [-0.3, -0.25) is 10.1 Å². The van der Waals surface area contributed by atoms with Crippen LogP contribution in [-0.2, 0) is 4.79 Å². The van der Waals surface area contributed by atoms with Crippen LogP contribution in [0.5, 0.6) is 5.75 Å². The van der Waals surface area contributed by atoms with Crippen molar-refractivity contribution in [2.45, 2.75) is 39.2 Å². The monoisotopic (exact) mass is 267 g/mol. The minimum Gasteiger partial charge on any atom is -0.479 e. The Bertz CT molecular complexity index is 472. The Balaban J connectivity index is 2.82. The van der Waals surface area contributed by atoms with Crippen molar-refractivity contribution in [1.29, 1.82) is 0 Å². The van der Waals surface area contributed by atoms with E-state index in [1.165, 1.54) is 18.2 Å². The molecule has 0 amide bonds. The van der Waals surface area contributed by atoms with E-state index >= 15 is 0 Å². The number of nitro benzene ring substituents is 1. The van der Waals surface area contributed by atoms with Gasteiger partial charge in [-0.05, 0) is 31.9 Å². The molecule has 0 aliphatic carbocycles. The number of carboxylic acids is 1. The van der Waals surface area contributed by atoms with Crippen molar-refractivity contribution in [2.24, 2.45) is 0 Å². The van der Waals surface area contributed by atoms with Gasteiger partial charge in [0.2, 0.25) is 0 Å². The number of ether oxygens (including phenoxy) is 1. The third-order valence-corrected chi connectivity index (χ3v) is 2.74. The molecule has 0 heterocycles. The van der Waals surface area contributed by atoms with Crippen molar-refractivity contribution in [3.63, 3.8) is 0 Å². The summed E-state index contributed by atoms with van der Waals surface area (Å²) < 4.78 is 5.37. The molecule has 6 nitrogen and oxygen atoms in total. The maximum Gasteiger partial charge on any atom is 0.344 e. The largest absolute Gasteiger partial charge is 0.479 e. The molecule has 1 atom stereocenters. The first-order valence-corrected chi connectivity index (χ1v) is 6.10. The van der Waals surface area contributed by atoms with Gasteiger partial charge in [-0.25, -0.2) is 4.79 Å². The van der Waals surface area contributed by atoms with Gasteiger partial charge in [0.15, 0.2) is 6.10 Å². The molecule has 1 aromatic rings. The summed E-state index contributed by atoms with van der Waals surface area (Å²) in [5.74, 6) is -0.684. The highest BCUT2D eigenvalue weighted by atomic mass is 16.6. The summed E-state index contributed by atoms with van der Waals surface area (Å²) in [6.45, 7) is 3.56. The molecule has 1 rings (SSSR count). The van der Waals surface area contributed by atoms with E-state index in [9.17, 15) is 14.9 Å². The molecule has 0 radical (unpaired) electrons. The molecule has 0 aliphatic rings. The second-order valence-corrected chi connectivity index (χ2v) is 4.29. The Morgan fingerprint density at radius 1 is 1.53 bits per heavy atom. The third-order valence-electron chi connectivity index (χ3n) is 2.74. The number of hydrogen-bond acceptors (Lipinski definition) is 4. The van der Waals surface area contributed by atoms with Gasteiger partial charge in [-0.2, -0.15) is 0 Å². The summed E-state index contributed by atoms with van der Waals surface area (Å²) in [4.78, 5) is 21.2. The molecular weight excluding hydrogens is 250 g/mol. The number of carboxylic acid groups (broad SMARTS) is 1. The Morgan fingerprint density at radius 3 is 2.68 bits per heavy atom. The summed E-state index contributed by atoms with van der Waals surface area (Å²) in [6, 6.07) is 4.23. The van der Waals surface area contributed by atoms with Crippen molar-refractivity contribution in [2.75, 3.05) is 0 Å². The molecule has 0 saturated heterocycles. The van der Waals surface area contributed by atoms with Crippen LogP contribution in [0.3, 0.4) is 0 Å². The van der Waals surface area contributed by atoms with Gasteiger partial charge in [-0.15, -0.1) is 0 Å². The lowest BCUT2D eigenvalue weighted by Gasteiger charge is -2.15. The van der Waals surface area contributed by atoms with Crippen LogP contribution in [0.1, 0.15) is 31.7 Å². The molecule has 0 saturated carbocycles. The average Bonchev–Trinajstić information content (AvgIpc) is 2.33. The van der Waals surface area contributed by atoms with Gasteiger partial charge in [-0.1, -0.05) is 13.3 Å². The summed E-state index contributed by atoms with van der Waals surface area (Å²) >= 11 is 0. The number of rotatable bonds is 7. The molecule has 19 heavy (non-hydrogen) atoms. The normalized spacial score (nSPS) is 11.9. The molecular formula is C13H17NO5. The van der Waals surface area contributed by atoms with Gasteiger partial charge in [0.1, 0.15) is 5.75 Å². The van der Waals surface area contributed by atoms with Crippen molar-refractivity contribution in [3.8, 4) is 5.75 Å². The zero-order valence-corrected chi connectivity index (χ0v) is 11.0. The van der Waals surface area contributed by atoms with Crippen molar-refractivity contribution in [3.05, 3.63) is 33.9 Å². The number of nitrogens with zero attached hydrogens (tertiary/aromatic N) is 1. The van der Waals surface area contributed by atoms with Crippen molar-refractivity contribution in [1.82, 2.24) is 0 Å². The number of unbranched alkanes of at least 4 members (excludes halogenated alkanes) is 1. The molecule has 0 aliphatic heterocycles. The maximum absolute atomic E-state index is 11.0. The minimum atomic E-state index is -1.02. The van der Waals surface area contributed by atoms with E-state index in [1.54, 1.807) is 6.92 Å². The zero-order valence-electron chi connectivity index (χ0n) is 11.0. The van der Waals surface area contributed by atoms with Crippen LogP contribution in [0.2, 0.25) is 0 Å². The lowest BCUT2D eigenvalue weighted by molar-refractivity contribution is -0.385. The number of benzene rings is 1. The molecule has 1 N–H and O–H groups in total. The molecule has 1 aromatic carbocycles. The van der Waals surface area contributed by atoms with E-state index in [-0.39, 0.29) is 5.69 Å². The standard InChI is InChI=1S/C13H17NO5/c1-3-4-5-12(13(15)16)19-10-6-7-11(14(17)18)9(2)8-10/h6-8,12H,3-5H2,1-2H3,(H,15,16). The van der Waals surface area contributed by atoms with E-state index in [0.29, 0.717) is 17.7 Å². The maximum atomic E-state index is 11.0. The first-order valence-electron chi connectivity index (χ1n) is 6.10. The van der Waals surface area contributed by atoms with Gasteiger partial charge in [0, 0.05) is 11.6 Å². The Labute approximate surface area is 111 Å². The van der Waals surface area contributed by atoms with Gasteiger partial charge < -0.3 is 9.84 Å². The number of nitro groups is 1. The lowest BCUT2D eigenvalue weighted by atomic mass is 10.1. The zero-order chi connectivity index (χ0) is 14.4. The SMILES string of the molecule is CCCCC(Oc1ccc([N+](=O)[O-])c(C)c1)C(=O)O. The number of aryl methyl sites for hydroxylation is 1. The highest BCUT2D eigenvalue weighted by molar-refractivity contribution is 5.72. The lowest BCUT2D eigenvalue weighted by Crippen LogP contribution is -2.26. The first kappa shape index (κ1) is 14.9. The summed E-state index contributed by atoms with van der Waals surface area (Å²) in [6.07, 6.45) is 1.14. The highest BCUT2D eigenvalue weighted by Gasteiger charge is 2.19. The third kappa shape index (κ3) is 4.24. The molecule has 6 heteroatoms. The van der Waals surface area contributed by atoms with E-state index in [1.807, 2.05) is 6.92 Å². The summed E-state index contributed by atoms with van der Waals surface area (Å²) in [5.41, 5.74) is 0.440. The van der Waals surface area contributed by atoms with Crippen LogP contribution in [-0.4, -0.2) is 22.1 Å². The van der Waals surface area contributed by atoms with Crippen LogP contribution in [0.4, 0.5) is 5.69 Å². The molecule has 1 unspecified atom stereocenters. The van der Waals surface area contributed by atoms with Gasteiger partial charge in [0.05, 0.1) is 4.92 Å². The first-order chi connectivity index (χ1) is 8.95. The fourth-order valence-corrected chi connectivity index (χ4v) is 1.69. The second kappa shape index (κ2) is 6.72. The van der Waals surface area contributed by atoms with Crippen molar-refractivity contribution >= 4 is 11.7 Å². The summed E-state index contributed by atoms with van der Waals surface area (Å²) in [5, 5.41) is 19.7. The minimum absolute atomic E-state index is 0.00668. The molecule has 0 aromatic heterocycles. The summed E-state index contributed by atoms with van der Waals surface area (Å²) in [7, 11) is 0. The highest BCUT2D eigenvalue weighted by Crippen LogP contribution is 2.24. The van der Waals surface area contributed by atoms with Gasteiger partial charge in [0.25, 0.3) is 5.69 Å². The van der Waals surface area contributed by atoms with E-state index in [4.69, 9.17) is 9.84 Å². The Morgan fingerprint density at radius 2 is 2.21 bits per heavy atom. The molecule has 0 fully saturated rings. The van der Waals surface area contributed by atoms with Crippen LogP contribution in [0.15, 0.2) is 18.2 Å². The molecule has 104 valence electrons.